The van der Waals surface area contributed by atoms with E-state index in [1.54, 1.807) is 14.2 Å². The van der Waals surface area contributed by atoms with Gasteiger partial charge in [-0.05, 0) is 94.4 Å². The molecule has 0 radical (unpaired) electrons. The number of methoxy groups -OCH3 is 2. The lowest BCUT2D eigenvalue weighted by Gasteiger charge is -2.23. The van der Waals surface area contributed by atoms with E-state index in [4.69, 9.17) is 23.7 Å². The van der Waals surface area contributed by atoms with Crippen molar-refractivity contribution < 1.29 is 23.7 Å². The van der Waals surface area contributed by atoms with Crippen LogP contribution in [0.2, 0.25) is 0 Å². The van der Waals surface area contributed by atoms with Crippen LogP contribution in [-0.2, 0) is 9.47 Å². The summed E-state index contributed by atoms with van der Waals surface area (Å²) in [6.07, 6.45) is 6.95. The molecule has 40 heavy (non-hydrogen) atoms. The fourth-order valence-corrected chi connectivity index (χ4v) is 5.77. The number of hydrogen-bond donors (Lipinski definition) is 0. The summed E-state index contributed by atoms with van der Waals surface area (Å²) in [6, 6.07) is 15.1. The summed E-state index contributed by atoms with van der Waals surface area (Å²) in [7, 11) is 3.57. The Kier molecular flexibility index (Phi) is 12.2. The number of hydrogen-bond acceptors (Lipinski definition) is 7. The molecule has 2 aliphatic rings. The topological polar surface area (TPSA) is 52.6 Å². The van der Waals surface area contributed by atoms with E-state index >= 15 is 0 Å². The summed E-state index contributed by atoms with van der Waals surface area (Å²) in [6.45, 7) is 13.6. The Hall–Kier alpha value is -2.58. The summed E-state index contributed by atoms with van der Waals surface area (Å²) < 4.78 is 28.9. The predicted octanol–water partition coefficient (Wildman–Crippen LogP) is 5.80. The van der Waals surface area contributed by atoms with Gasteiger partial charge in [-0.3, -0.25) is 9.80 Å². The molecule has 0 aromatic heterocycles. The van der Waals surface area contributed by atoms with Crippen LogP contribution < -0.4 is 14.2 Å². The van der Waals surface area contributed by atoms with Crippen molar-refractivity contribution in [1.82, 2.24) is 9.80 Å². The average molecular weight is 553 g/mol. The van der Waals surface area contributed by atoms with Gasteiger partial charge in [-0.25, -0.2) is 0 Å². The highest BCUT2D eigenvalue weighted by Crippen LogP contribution is 2.29. The van der Waals surface area contributed by atoms with E-state index in [-0.39, 0.29) is 0 Å². The lowest BCUT2D eigenvalue weighted by molar-refractivity contribution is 0.111. The maximum absolute atomic E-state index is 6.17. The van der Waals surface area contributed by atoms with Crippen LogP contribution in [0.15, 0.2) is 49.0 Å². The Balaban J connectivity index is 1.19. The van der Waals surface area contributed by atoms with Crippen molar-refractivity contribution in [2.75, 3.05) is 66.8 Å². The molecule has 4 rings (SSSR count). The highest BCUT2D eigenvalue weighted by atomic mass is 16.5. The van der Waals surface area contributed by atoms with Gasteiger partial charge in [0.2, 0.25) is 0 Å². The maximum Gasteiger partial charge on any atom is 0.134 e. The summed E-state index contributed by atoms with van der Waals surface area (Å²) in [5, 5.41) is 0. The van der Waals surface area contributed by atoms with Gasteiger partial charge in [0, 0.05) is 51.0 Å². The predicted molar refractivity (Wildman–Crippen MR) is 160 cm³/mol. The first-order valence-corrected chi connectivity index (χ1v) is 14.9. The molecule has 7 heteroatoms. The lowest BCUT2D eigenvalue weighted by atomic mass is 10.2. The van der Waals surface area contributed by atoms with E-state index < -0.39 is 0 Å². The van der Waals surface area contributed by atoms with Crippen molar-refractivity contribution in [2.24, 2.45) is 0 Å². The largest absolute Gasteiger partial charge is 0.494 e. The van der Waals surface area contributed by atoms with Crippen LogP contribution in [0.3, 0.4) is 0 Å². The van der Waals surface area contributed by atoms with Gasteiger partial charge in [0.05, 0.1) is 26.4 Å². The van der Waals surface area contributed by atoms with Gasteiger partial charge in [-0.1, -0.05) is 12.6 Å². The lowest BCUT2D eigenvalue weighted by Crippen LogP contribution is -2.34. The SMILES string of the molecule is C=C(Oc1cc(OCCCN2CCC[C@@H]2COC)ccc1C)c1ccc(OCCCN2CCC[C@@H]2COC)cc1. The normalized spacial score (nSPS) is 19.7. The molecule has 2 aromatic carbocycles. The molecule has 2 heterocycles. The molecule has 0 aliphatic carbocycles. The maximum atomic E-state index is 6.17. The third-order valence-corrected chi connectivity index (χ3v) is 8.00. The molecule has 2 aliphatic heterocycles. The Morgan fingerprint density at radius 3 is 1.93 bits per heavy atom. The number of nitrogens with zero attached hydrogens (tertiary/aromatic N) is 2. The zero-order valence-corrected chi connectivity index (χ0v) is 24.7. The van der Waals surface area contributed by atoms with Crippen molar-refractivity contribution in [1.29, 1.82) is 0 Å². The van der Waals surface area contributed by atoms with Crippen LogP contribution in [0, 0.1) is 6.92 Å². The molecular weight excluding hydrogens is 504 g/mol. The van der Waals surface area contributed by atoms with Crippen LogP contribution in [-0.4, -0.2) is 88.7 Å². The van der Waals surface area contributed by atoms with E-state index in [0.717, 1.165) is 80.6 Å². The minimum atomic E-state index is 0.546. The van der Waals surface area contributed by atoms with Gasteiger partial charge in [-0.15, -0.1) is 0 Å². The second kappa shape index (κ2) is 16.0. The summed E-state index contributed by atoms with van der Waals surface area (Å²) in [4.78, 5) is 5.04. The van der Waals surface area contributed by atoms with E-state index in [1.807, 2.05) is 49.4 Å². The van der Waals surface area contributed by atoms with Gasteiger partial charge in [-0.2, -0.15) is 0 Å². The van der Waals surface area contributed by atoms with Crippen LogP contribution in [0.1, 0.15) is 49.7 Å². The summed E-state index contributed by atoms with van der Waals surface area (Å²) in [5.41, 5.74) is 1.97. The molecule has 0 unspecified atom stereocenters. The molecule has 0 spiro atoms. The summed E-state index contributed by atoms with van der Waals surface area (Å²) >= 11 is 0. The molecule has 0 amide bonds. The van der Waals surface area contributed by atoms with Crippen molar-refractivity contribution in [2.45, 2.75) is 57.5 Å². The van der Waals surface area contributed by atoms with Crippen molar-refractivity contribution in [3.8, 4) is 17.2 Å². The minimum absolute atomic E-state index is 0.546. The quantitative estimate of drug-likeness (QED) is 0.182. The van der Waals surface area contributed by atoms with Crippen LogP contribution >= 0.6 is 0 Å². The second-order valence-electron chi connectivity index (χ2n) is 11.0. The van der Waals surface area contributed by atoms with E-state index in [2.05, 4.69) is 16.4 Å². The molecular formula is C33H48N2O5. The first-order valence-electron chi connectivity index (χ1n) is 14.9. The third kappa shape index (κ3) is 8.96. The fraction of sp³-hybridized carbons (Fsp3) is 0.576. The highest BCUT2D eigenvalue weighted by molar-refractivity contribution is 5.61. The number of benzene rings is 2. The standard InChI is InChI=1S/C33H48N2O5/c1-26-11-14-32(39-22-8-20-35-18-6-10-30(35)25-37-4)23-33(26)40-27(2)28-12-15-31(16-13-28)38-21-7-19-34-17-5-9-29(34)24-36-3/h11-16,23,29-30H,2,5-10,17-22,24-25H2,1,3-4H3/t29-,30-/m1/s1. The minimum Gasteiger partial charge on any atom is -0.494 e. The smallest absolute Gasteiger partial charge is 0.134 e. The third-order valence-electron chi connectivity index (χ3n) is 8.00. The molecule has 0 saturated carbocycles. The number of ether oxygens (including phenoxy) is 5. The van der Waals surface area contributed by atoms with Crippen molar-refractivity contribution in [3.05, 3.63) is 60.2 Å². The van der Waals surface area contributed by atoms with Gasteiger partial charge in [0.15, 0.2) is 0 Å². The highest BCUT2D eigenvalue weighted by Gasteiger charge is 2.24. The number of rotatable bonds is 17. The Morgan fingerprint density at radius 1 is 0.800 bits per heavy atom. The van der Waals surface area contributed by atoms with Gasteiger partial charge < -0.3 is 23.7 Å². The van der Waals surface area contributed by atoms with Crippen molar-refractivity contribution >= 4 is 5.76 Å². The number of aryl methyl sites for hydroxylation is 1. The van der Waals surface area contributed by atoms with Crippen LogP contribution in [0.25, 0.3) is 5.76 Å². The monoisotopic (exact) mass is 552 g/mol. The Labute approximate surface area is 241 Å². The van der Waals surface area contributed by atoms with Gasteiger partial charge >= 0.3 is 0 Å². The Bertz CT molecular complexity index is 1040. The first kappa shape index (κ1) is 30.4. The van der Waals surface area contributed by atoms with E-state index in [1.165, 1.54) is 25.7 Å². The zero-order chi connectivity index (χ0) is 28.2. The zero-order valence-electron chi connectivity index (χ0n) is 24.7. The molecule has 220 valence electrons. The van der Waals surface area contributed by atoms with Crippen LogP contribution in [0.4, 0.5) is 0 Å². The Morgan fingerprint density at radius 2 is 1.35 bits per heavy atom. The molecule has 2 atom stereocenters. The molecule has 0 N–H and O–H groups in total. The molecule has 2 aromatic rings. The van der Waals surface area contributed by atoms with Gasteiger partial charge in [0.25, 0.3) is 0 Å². The first-order chi connectivity index (χ1) is 19.6. The number of likely N-dealkylation sites (tertiary alicyclic amines) is 2. The molecule has 0 bridgehead atoms. The molecule has 2 saturated heterocycles. The molecule has 2 fully saturated rings. The van der Waals surface area contributed by atoms with Gasteiger partial charge in [0.1, 0.15) is 23.0 Å². The second-order valence-corrected chi connectivity index (χ2v) is 11.0. The van der Waals surface area contributed by atoms with Crippen LogP contribution in [0.5, 0.6) is 17.2 Å². The molecule has 7 nitrogen and oxygen atoms in total. The van der Waals surface area contributed by atoms with Crippen molar-refractivity contribution in [3.63, 3.8) is 0 Å². The van der Waals surface area contributed by atoms with E-state index in [9.17, 15) is 0 Å². The fourth-order valence-electron chi connectivity index (χ4n) is 5.77. The average Bonchev–Trinajstić information content (AvgIpc) is 3.60. The summed E-state index contributed by atoms with van der Waals surface area (Å²) in [5.74, 6) is 3.04. The van der Waals surface area contributed by atoms with E-state index in [0.29, 0.717) is 31.1 Å².